The average Bonchev–Trinajstić information content (AvgIpc) is 2.90. The maximum Gasteiger partial charge on any atom is 0.271 e. The van der Waals surface area contributed by atoms with E-state index in [0.717, 1.165) is 0 Å². The second kappa shape index (κ2) is 5.71. The molecule has 2 N–H and O–H groups in total. The smallest absolute Gasteiger partial charge is 0.271 e. The Balaban J connectivity index is 1.93. The summed E-state index contributed by atoms with van der Waals surface area (Å²) in [5.74, 6) is 0.812. The number of aromatic nitrogens is 4. The first-order valence-corrected chi connectivity index (χ1v) is 5.40. The molecule has 0 fully saturated rings. The van der Waals surface area contributed by atoms with Crippen molar-refractivity contribution in [3.05, 3.63) is 30.0 Å². The predicted molar refractivity (Wildman–Crippen MR) is 61.7 cm³/mol. The van der Waals surface area contributed by atoms with Crippen molar-refractivity contribution in [2.45, 2.75) is 13.5 Å². The number of nitrogens with one attached hydrogen (secondary N) is 2. The van der Waals surface area contributed by atoms with Crippen molar-refractivity contribution in [2.75, 3.05) is 11.9 Å². The summed E-state index contributed by atoms with van der Waals surface area (Å²) < 4.78 is 4.59. The van der Waals surface area contributed by atoms with Crippen molar-refractivity contribution in [1.82, 2.24) is 25.7 Å². The molecule has 2 aromatic rings. The van der Waals surface area contributed by atoms with E-state index < -0.39 is 0 Å². The molecule has 8 heteroatoms. The molecule has 18 heavy (non-hydrogen) atoms. The highest BCUT2D eigenvalue weighted by molar-refractivity contribution is 5.92. The van der Waals surface area contributed by atoms with E-state index in [9.17, 15) is 4.79 Å². The van der Waals surface area contributed by atoms with Crippen LogP contribution in [0.5, 0.6) is 0 Å². The third kappa shape index (κ3) is 3.00. The molecule has 0 aromatic carbocycles. The number of anilines is 1. The van der Waals surface area contributed by atoms with Crippen molar-refractivity contribution < 1.29 is 9.32 Å². The van der Waals surface area contributed by atoms with Gasteiger partial charge >= 0.3 is 0 Å². The second-order valence-corrected chi connectivity index (χ2v) is 3.36. The van der Waals surface area contributed by atoms with Crippen LogP contribution in [-0.2, 0) is 6.54 Å². The molecule has 8 nitrogen and oxygen atoms in total. The molecule has 2 heterocycles. The van der Waals surface area contributed by atoms with Gasteiger partial charge in [-0.25, -0.2) is 0 Å². The normalized spacial score (nSPS) is 10.1. The number of hydrogen-bond donors (Lipinski definition) is 2. The molecule has 0 saturated carbocycles. The van der Waals surface area contributed by atoms with Crippen LogP contribution < -0.4 is 10.6 Å². The van der Waals surface area contributed by atoms with Gasteiger partial charge < -0.3 is 15.2 Å². The largest absolute Gasteiger partial charge is 0.361 e. The molecule has 94 valence electrons. The van der Waals surface area contributed by atoms with E-state index in [2.05, 4.69) is 35.5 Å². The van der Waals surface area contributed by atoms with Crippen molar-refractivity contribution in [3.8, 4) is 0 Å². The fraction of sp³-hybridized carbons (Fsp3) is 0.300. The first-order chi connectivity index (χ1) is 8.79. The molecule has 0 aliphatic carbocycles. The fourth-order valence-corrected chi connectivity index (χ4v) is 1.24. The monoisotopic (exact) mass is 248 g/mol. The van der Waals surface area contributed by atoms with Gasteiger partial charge in [0.25, 0.3) is 5.91 Å². The van der Waals surface area contributed by atoms with Crippen LogP contribution in [0.1, 0.15) is 23.2 Å². The molecule has 0 atom stereocenters. The molecule has 0 aliphatic heterocycles. The summed E-state index contributed by atoms with van der Waals surface area (Å²) in [4.78, 5) is 15.3. The van der Waals surface area contributed by atoms with Crippen molar-refractivity contribution in [3.63, 3.8) is 0 Å². The Morgan fingerprint density at radius 2 is 2.28 bits per heavy atom. The molecule has 0 aliphatic rings. The molecule has 2 rings (SSSR count). The van der Waals surface area contributed by atoms with Crippen LogP contribution in [0.2, 0.25) is 0 Å². The maximum absolute atomic E-state index is 11.4. The fourth-order valence-electron chi connectivity index (χ4n) is 1.24. The lowest BCUT2D eigenvalue weighted by Crippen LogP contribution is -2.24. The molecular formula is C10H12N6O2. The topological polar surface area (TPSA) is 106 Å². The lowest BCUT2D eigenvalue weighted by Gasteiger charge is -2.03. The van der Waals surface area contributed by atoms with Gasteiger partial charge in [-0.15, -0.1) is 10.2 Å². The third-order valence-electron chi connectivity index (χ3n) is 2.07. The van der Waals surface area contributed by atoms with Crippen LogP contribution in [0.4, 0.5) is 5.82 Å². The van der Waals surface area contributed by atoms with Crippen molar-refractivity contribution in [2.24, 2.45) is 0 Å². The molecule has 0 radical (unpaired) electrons. The van der Waals surface area contributed by atoms with E-state index in [1.54, 1.807) is 12.1 Å². The summed E-state index contributed by atoms with van der Waals surface area (Å²) in [5.41, 5.74) is 0.280. The Morgan fingerprint density at radius 1 is 1.39 bits per heavy atom. The van der Waals surface area contributed by atoms with Gasteiger partial charge in [0.05, 0.1) is 6.54 Å². The van der Waals surface area contributed by atoms with Crippen LogP contribution in [0.3, 0.4) is 0 Å². The number of carbonyl (C=O) groups is 1. The number of hydrogen-bond acceptors (Lipinski definition) is 7. The molecule has 1 amide bonds. The summed E-state index contributed by atoms with van der Waals surface area (Å²) in [5, 5.41) is 16.9. The standard InChI is InChI=1S/C10H12N6O2/c1-2-11-10(17)7-3-4-8(15-14-7)12-5-9-13-6-18-16-9/h3-4,6H,2,5H2,1H3,(H,11,17)(H,12,15). The third-order valence-corrected chi connectivity index (χ3v) is 2.07. The van der Waals surface area contributed by atoms with Crippen LogP contribution in [0.15, 0.2) is 23.0 Å². The van der Waals surface area contributed by atoms with E-state index >= 15 is 0 Å². The Hall–Kier alpha value is -2.51. The van der Waals surface area contributed by atoms with Gasteiger partial charge in [0, 0.05) is 6.54 Å². The van der Waals surface area contributed by atoms with Gasteiger partial charge in [0.15, 0.2) is 11.5 Å². The molecule has 0 spiro atoms. The molecule has 0 saturated heterocycles. The minimum Gasteiger partial charge on any atom is -0.361 e. The molecular weight excluding hydrogens is 236 g/mol. The van der Waals surface area contributed by atoms with E-state index in [0.29, 0.717) is 24.7 Å². The summed E-state index contributed by atoms with van der Waals surface area (Å²) in [6, 6.07) is 3.26. The van der Waals surface area contributed by atoms with E-state index in [4.69, 9.17) is 0 Å². The SMILES string of the molecule is CCNC(=O)c1ccc(NCc2ncon2)nn1. The van der Waals surface area contributed by atoms with E-state index in [1.165, 1.54) is 6.39 Å². The first-order valence-electron chi connectivity index (χ1n) is 5.40. The quantitative estimate of drug-likeness (QED) is 0.779. The Labute approximate surface area is 103 Å². The average molecular weight is 248 g/mol. The highest BCUT2D eigenvalue weighted by Crippen LogP contribution is 2.03. The van der Waals surface area contributed by atoms with Crippen LogP contribution in [-0.4, -0.2) is 32.8 Å². The Morgan fingerprint density at radius 3 is 2.89 bits per heavy atom. The van der Waals surface area contributed by atoms with Crippen LogP contribution >= 0.6 is 0 Å². The molecule has 2 aromatic heterocycles. The van der Waals surface area contributed by atoms with E-state index in [-0.39, 0.29) is 11.6 Å². The predicted octanol–water partition coefficient (Wildman–Crippen LogP) is 0.221. The zero-order valence-corrected chi connectivity index (χ0v) is 9.75. The zero-order chi connectivity index (χ0) is 12.8. The van der Waals surface area contributed by atoms with Gasteiger partial charge in [0.1, 0.15) is 5.82 Å². The summed E-state index contributed by atoms with van der Waals surface area (Å²) in [6.45, 7) is 2.77. The zero-order valence-electron chi connectivity index (χ0n) is 9.75. The van der Waals surface area contributed by atoms with Gasteiger partial charge in [-0.3, -0.25) is 4.79 Å². The van der Waals surface area contributed by atoms with Gasteiger partial charge in [-0.2, -0.15) is 4.98 Å². The minimum atomic E-state index is -0.241. The van der Waals surface area contributed by atoms with Crippen molar-refractivity contribution in [1.29, 1.82) is 0 Å². The van der Waals surface area contributed by atoms with Gasteiger partial charge in [-0.1, -0.05) is 5.16 Å². The van der Waals surface area contributed by atoms with Gasteiger partial charge in [-0.05, 0) is 19.1 Å². The highest BCUT2D eigenvalue weighted by atomic mass is 16.5. The maximum atomic E-state index is 11.4. The Bertz CT molecular complexity index is 496. The number of nitrogens with zero attached hydrogens (tertiary/aromatic N) is 4. The minimum absolute atomic E-state index is 0.241. The summed E-state index contributed by atoms with van der Waals surface area (Å²) in [6.07, 6.45) is 1.25. The van der Waals surface area contributed by atoms with Crippen LogP contribution in [0.25, 0.3) is 0 Å². The Kier molecular flexibility index (Phi) is 3.79. The molecule has 0 bridgehead atoms. The highest BCUT2D eigenvalue weighted by Gasteiger charge is 2.06. The second-order valence-electron chi connectivity index (χ2n) is 3.36. The summed E-state index contributed by atoms with van der Waals surface area (Å²) >= 11 is 0. The van der Waals surface area contributed by atoms with Crippen molar-refractivity contribution >= 4 is 11.7 Å². The van der Waals surface area contributed by atoms with Crippen LogP contribution in [0, 0.1) is 0 Å². The number of carbonyl (C=O) groups excluding carboxylic acids is 1. The van der Waals surface area contributed by atoms with E-state index in [1.807, 2.05) is 6.92 Å². The van der Waals surface area contributed by atoms with Gasteiger partial charge in [0.2, 0.25) is 6.39 Å². The first kappa shape index (κ1) is 12.0. The lowest BCUT2D eigenvalue weighted by atomic mass is 10.3. The molecule has 0 unspecified atom stereocenters. The summed E-state index contributed by atoms with van der Waals surface area (Å²) in [7, 11) is 0. The number of amides is 1. The number of rotatable bonds is 5. The lowest BCUT2D eigenvalue weighted by molar-refractivity contribution is 0.0950.